The minimum Gasteiger partial charge on any atom is -0.378 e. The second-order valence-electron chi connectivity index (χ2n) is 5.54. The summed E-state index contributed by atoms with van der Waals surface area (Å²) in [5.74, 6) is 0. The number of nitrogens with one attached hydrogen (secondary N) is 2. The van der Waals surface area contributed by atoms with Crippen molar-refractivity contribution in [2.75, 3.05) is 29.6 Å². The number of hydrogen-bond acceptors (Lipinski definition) is 3. The highest BCUT2D eigenvalue weighted by Gasteiger charge is 2.07. The maximum Gasteiger partial charge on any atom is 0.323 e. The van der Waals surface area contributed by atoms with E-state index in [0.717, 1.165) is 26.8 Å². The molecule has 7 heteroatoms. The van der Waals surface area contributed by atoms with Gasteiger partial charge in [0, 0.05) is 41.5 Å². The monoisotopic (exact) mass is 420 g/mol. The normalized spacial score (nSPS) is 10.0. The average Bonchev–Trinajstić information content (AvgIpc) is 2.56. The smallest absolute Gasteiger partial charge is 0.323 e. The van der Waals surface area contributed by atoms with Crippen LogP contribution in [0.4, 0.5) is 21.9 Å². The molecule has 0 bridgehead atoms. The highest BCUT2D eigenvalue weighted by molar-refractivity contribution is 9.10. The zero-order valence-electron chi connectivity index (χ0n) is 13.8. The second kappa shape index (κ2) is 8.18. The summed E-state index contributed by atoms with van der Waals surface area (Å²) in [6.07, 6.45) is 1.68. The Labute approximate surface area is 161 Å². The lowest BCUT2D eigenvalue weighted by Gasteiger charge is -2.13. The number of benzene rings is 2. The SMILES string of the molecule is CN(C)c1ccc(NC(=O)Nc2ccnc3ccc(Br)cc23)cc1.Cl. The van der Waals surface area contributed by atoms with Gasteiger partial charge in [0.1, 0.15) is 0 Å². The predicted molar refractivity (Wildman–Crippen MR) is 110 cm³/mol. The first-order valence-corrected chi connectivity index (χ1v) is 8.22. The van der Waals surface area contributed by atoms with Crippen LogP contribution in [0.5, 0.6) is 0 Å². The molecule has 1 aromatic heterocycles. The molecule has 130 valence electrons. The second-order valence-corrected chi connectivity index (χ2v) is 6.46. The van der Waals surface area contributed by atoms with E-state index < -0.39 is 0 Å². The van der Waals surface area contributed by atoms with E-state index in [9.17, 15) is 4.79 Å². The number of urea groups is 1. The van der Waals surface area contributed by atoms with Crippen LogP contribution >= 0.6 is 28.3 Å². The Hall–Kier alpha value is -2.31. The van der Waals surface area contributed by atoms with Gasteiger partial charge in [-0.3, -0.25) is 4.98 Å². The molecule has 0 unspecified atom stereocenters. The van der Waals surface area contributed by atoms with Crippen LogP contribution in [0.1, 0.15) is 0 Å². The van der Waals surface area contributed by atoms with E-state index >= 15 is 0 Å². The molecule has 0 fully saturated rings. The van der Waals surface area contributed by atoms with Gasteiger partial charge in [0.05, 0.1) is 11.2 Å². The zero-order chi connectivity index (χ0) is 17.1. The van der Waals surface area contributed by atoms with Crippen molar-refractivity contribution in [2.24, 2.45) is 0 Å². The number of carbonyl (C=O) groups excluding carboxylic acids is 1. The van der Waals surface area contributed by atoms with Crippen molar-refractivity contribution in [1.82, 2.24) is 4.98 Å². The largest absolute Gasteiger partial charge is 0.378 e. The number of rotatable bonds is 3. The number of nitrogens with zero attached hydrogens (tertiary/aromatic N) is 2. The quantitative estimate of drug-likeness (QED) is 0.616. The molecule has 0 saturated heterocycles. The first-order valence-electron chi connectivity index (χ1n) is 7.42. The molecule has 2 aromatic carbocycles. The molecule has 1 heterocycles. The van der Waals surface area contributed by atoms with Gasteiger partial charge in [-0.05, 0) is 48.5 Å². The van der Waals surface area contributed by atoms with E-state index in [2.05, 4.69) is 31.5 Å². The van der Waals surface area contributed by atoms with Crippen LogP contribution in [0.3, 0.4) is 0 Å². The van der Waals surface area contributed by atoms with Crippen LogP contribution in [0.2, 0.25) is 0 Å². The minimum absolute atomic E-state index is 0. The minimum atomic E-state index is -0.292. The Bertz CT molecular complexity index is 884. The average molecular weight is 422 g/mol. The van der Waals surface area contributed by atoms with E-state index in [1.54, 1.807) is 12.3 Å². The van der Waals surface area contributed by atoms with Gasteiger partial charge in [0.25, 0.3) is 0 Å². The Morgan fingerprint density at radius 3 is 2.44 bits per heavy atom. The summed E-state index contributed by atoms with van der Waals surface area (Å²) in [7, 11) is 3.95. The number of amides is 2. The van der Waals surface area contributed by atoms with Crippen molar-refractivity contribution in [3.8, 4) is 0 Å². The van der Waals surface area contributed by atoms with Gasteiger partial charge in [0.15, 0.2) is 0 Å². The molecule has 3 rings (SSSR count). The van der Waals surface area contributed by atoms with E-state index in [-0.39, 0.29) is 18.4 Å². The van der Waals surface area contributed by atoms with Gasteiger partial charge in [-0.15, -0.1) is 12.4 Å². The molecule has 25 heavy (non-hydrogen) atoms. The first-order chi connectivity index (χ1) is 11.5. The van der Waals surface area contributed by atoms with Crippen LogP contribution in [0.25, 0.3) is 10.9 Å². The van der Waals surface area contributed by atoms with Gasteiger partial charge in [-0.25, -0.2) is 4.79 Å². The number of carbonyl (C=O) groups is 1. The summed E-state index contributed by atoms with van der Waals surface area (Å²) < 4.78 is 0.936. The van der Waals surface area contributed by atoms with Gasteiger partial charge in [-0.2, -0.15) is 0 Å². The standard InChI is InChI=1S/C18H17BrN4O.ClH/c1-23(2)14-6-4-13(5-7-14)21-18(24)22-17-9-10-20-16-8-3-12(19)11-15(16)17;/h3-11H,1-2H3,(H2,20,21,22,24);1H. The van der Waals surface area contributed by atoms with Crippen LogP contribution in [0, 0.1) is 0 Å². The maximum atomic E-state index is 12.3. The molecule has 0 spiro atoms. The van der Waals surface area contributed by atoms with Crippen molar-refractivity contribution in [2.45, 2.75) is 0 Å². The summed E-state index contributed by atoms with van der Waals surface area (Å²) >= 11 is 3.44. The molecule has 0 atom stereocenters. The number of pyridine rings is 1. The molecular weight excluding hydrogens is 404 g/mol. The fourth-order valence-electron chi connectivity index (χ4n) is 2.36. The number of fused-ring (bicyclic) bond motifs is 1. The lowest BCUT2D eigenvalue weighted by Crippen LogP contribution is -2.19. The fourth-order valence-corrected chi connectivity index (χ4v) is 2.72. The van der Waals surface area contributed by atoms with Crippen molar-refractivity contribution in [1.29, 1.82) is 0 Å². The van der Waals surface area contributed by atoms with E-state index in [1.807, 2.05) is 61.5 Å². The Kier molecular flexibility index (Phi) is 6.22. The third-order valence-corrected chi connectivity index (χ3v) is 4.09. The molecule has 3 aromatic rings. The van der Waals surface area contributed by atoms with Crippen molar-refractivity contribution in [3.05, 3.63) is 59.2 Å². The zero-order valence-corrected chi connectivity index (χ0v) is 16.2. The third kappa shape index (κ3) is 4.61. The van der Waals surface area contributed by atoms with Gasteiger partial charge >= 0.3 is 6.03 Å². The van der Waals surface area contributed by atoms with Crippen LogP contribution < -0.4 is 15.5 Å². The first kappa shape index (κ1) is 19.0. The molecule has 0 aliphatic heterocycles. The fraction of sp³-hybridized carbons (Fsp3) is 0.111. The van der Waals surface area contributed by atoms with Crippen LogP contribution in [-0.4, -0.2) is 25.1 Å². The number of anilines is 3. The summed E-state index contributed by atoms with van der Waals surface area (Å²) in [5.41, 5.74) is 3.35. The molecule has 0 radical (unpaired) electrons. The van der Waals surface area contributed by atoms with Crippen molar-refractivity contribution < 1.29 is 4.79 Å². The Balaban J connectivity index is 0.00000225. The molecule has 2 amide bonds. The Morgan fingerprint density at radius 2 is 1.76 bits per heavy atom. The molecular formula is C18H18BrClN4O. The van der Waals surface area contributed by atoms with E-state index in [1.165, 1.54) is 0 Å². The molecule has 0 aliphatic carbocycles. The summed E-state index contributed by atoms with van der Waals surface area (Å²) in [4.78, 5) is 18.6. The number of halogens is 2. The topological polar surface area (TPSA) is 57.3 Å². The summed E-state index contributed by atoms with van der Waals surface area (Å²) in [6, 6.07) is 14.9. The Morgan fingerprint density at radius 1 is 1.04 bits per heavy atom. The molecule has 2 N–H and O–H groups in total. The van der Waals surface area contributed by atoms with Gasteiger partial charge in [-0.1, -0.05) is 15.9 Å². The van der Waals surface area contributed by atoms with Gasteiger partial charge < -0.3 is 15.5 Å². The number of hydrogen-bond donors (Lipinski definition) is 2. The molecule has 0 saturated carbocycles. The summed E-state index contributed by atoms with van der Waals surface area (Å²) in [5, 5.41) is 6.59. The lowest BCUT2D eigenvalue weighted by molar-refractivity contribution is 0.262. The summed E-state index contributed by atoms with van der Waals surface area (Å²) in [6.45, 7) is 0. The van der Waals surface area contributed by atoms with Crippen molar-refractivity contribution >= 4 is 62.3 Å². The molecule has 5 nitrogen and oxygen atoms in total. The van der Waals surface area contributed by atoms with E-state index in [4.69, 9.17) is 0 Å². The lowest BCUT2D eigenvalue weighted by atomic mass is 10.2. The van der Waals surface area contributed by atoms with Crippen LogP contribution in [0.15, 0.2) is 59.2 Å². The van der Waals surface area contributed by atoms with Crippen molar-refractivity contribution in [3.63, 3.8) is 0 Å². The molecule has 0 aliphatic rings. The maximum absolute atomic E-state index is 12.3. The van der Waals surface area contributed by atoms with Crippen LogP contribution in [-0.2, 0) is 0 Å². The predicted octanol–water partition coefficient (Wildman–Crippen LogP) is 5.13. The highest BCUT2D eigenvalue weighted by Crippen LogP contribution is 2.25. The third-order valence-electron chi connectivity index (χ3n) is 3.59. The number of aromatic nitrogens is 1. The van der Waals surface area contributed by atoms with Gasteiger partial charge in [0.2, 0.25) is 0 Å². The highest BCUT2D eigenvalue weighted by atomic mass is 79.9. The van der Waals surface area contributed by atoms with E-state index in [0.29, 0.717) is 5.69 Å².